The molecule has 44 heavy (non-hydrogen) atoms. The number of nitriles is 1. The first-order valence-electron chi connectivity index (χ1n) is 14.5. The van der Waals surface area contributed by atoms with E-state index in [0.717, 1.165) is 57.6 Å². The van der Waals surface area contributed by atoms with Crippen LogP contribution in [0, 0.1) is 16.7 Å². The van der Waals surface area contributed by atoms with Gasteiger partial charge in [0.05, 0.1) is 33.8 Å². The third-order valence-corrected chi connectivity index (χ3v) is 10.7. The van der Waals surface area contributed by atoms with Crippen LogP contribution in [0.3, 0.4) is 0 Å². The van der Waals surface area contributed by atoms with Gasteiger partial charge >= 0.3 is 12.2 Å². The van der Waals surface area contributed by atoms with Crippen LogP contribution in [0.5, 0.6) is 0 Å². The van der Waals surface area contributed by atoms with E-state index in [4.69, 9.17) is 11.6 Å². The zero-order chi connectivity index (χ0) is 30.9. The lowest BCUT2D eigenvalue weighted by molar-refractivity contribution is -0.158. The van der Waals surface area contributed by atoms with Crippen LogP contribution in [0.1, 0.15) is 37.0 Å². The zero-order valence-electron chi connectivity index (χ0n) is 23.6. The van der Waals surface area contributed by atoms with Crippen LogP contribution < -0.4 is 5.32 Å². The Bertz CT molecular complexity index is 1850. The Morgan fingerprint density at radius 3 is 2.55 bits per heavy atom. The molecule has 4 aromatic rings. The van der Waals surface area contributed by atoms with Gasteiger partial charge in [0, 0.05) is 45.4 Å². The normalized spacial score (nSPS) is 19.7. The number of carbonyl (C=O) groups excluding carboxylic acids is 2. The highest BCUT2D eigenvalue weighted by molar-refractivity contribution is 7.19. The summed E-state index contributed by atoms with van der Waals surface area (Å²) >= 11 is 7.94. The van der Waals surface area contributed by atoms with Crippen LogP contribution in [-0.4, -0.2) is 62.6 Å². The second kappa shape index (κ2) is 10.5. The van der Waals surface area contributed by atoms with Crippen LogP contribution >= 0.6 is 22.9 Å². The van der Waals surface area contributed by atoms with Crippen molar-refractivity contribution >= 4 is 56.0 Å². The van der Waals surface area contributed by atoms with E-state index in [1.54, 1.807) is 12.3 Å². The average Bonchev–Trinajstić information content (AvgIpc) is 3.62. The van der Waals surface area contributed by atoms with Gasteiger partial charge in [-0.05, 0) is 75.5 Å². The summed E-state index contributed by atoms with van der Waals surface area (Å²) in [5, 5.41) is 14.9. The molecule has 2 aliphatic heterocycles. The summed E-state index contributed by atoms with van der Waals surface area (Å²) < 4.78 is 43.0. The molecule has 0 atom stereocenters. The first-order valence-corrected chi connectivity index (χ1v) is 15.7. The molecule has 5 heterocycles. The minimum absolute atomic E-state index is 0.131. The van der Waals surface area contributed by atoms with Crippen LogP contribution in [0.25, 0.3) is 32.2 Å². The Morgan fingerprint density at radius 2 is 1.86 bits per heavy atom. The number of carbonyl (C=O) groups is 2. The number of nitrogens with one attached hydrogen (secondary N) is 1. The van der Waals surface area contributed by atoms with Crippen LogP contribution in [0.4, 0.5) is 18.0 Å². The van der Waals surface area contributed by atoms with E-state index < -0.39 is 35.6 Å². The van der Waals surface area contributed by atoms with Crippen molar-refractivity contribution in [3.63, 3.8) is 0 Å². The molecular weight excluding hydrogens is 613 g/mol. The van der Waals surface area contributed by atoms with Gasteiger partial charge in [-0.1, -0.05) is 11.6 Å². The number of thiophene rings is 1. The molecule has 3 aromatic heterocycles. The number of fused-ring (bicyclic) bond motifs is 2. The number of benzene rings is 1. The summed E-state index contributed by atoms with van der Waals surface area (Å²) in [6, 6.07) is 11.1. The third kappa shape index (κ3) is 4.73. The number of pyridine rings is 1. The largest absolute Gasteiger partial charge is 0.406 e. The van der Waals surface area contributed by atoms with Crippen molar-refractivity contribution in [2.24, 2.45) is 5.41 Å². The van der Waals surface area contributed by atoms with Crippen molar-refractivity contribution in [3.05, 3.63) is 52.6 Å². The smallest absolute Gasteiger partial charge is 0.345 e. The number of hydrogen-bond donors (Lipinski definition) is 1. The molecule has 3 fully saturated rings. The SMILES string of the molecule is N#CC1(Cn2ccc3cc(Cl)cc(-c4ccnc5cc(CN6C(=O)N(CC(F)(F)F)C7(CCC7)C6=O)sc45)c32)CCNCC1. The minimum atomic E-state index is -4.61. The van der Waals surface area contributed by atoms with Gasteiger partial charge in [0.1, 0.15) is 12.1 Å². The molecule has 228 valence electrons. The summed E-state index contributed by atoms with van der Waals surface area (Å²) in [7, 11) is 0. The van der Waals surface area contributed by atoms with Gasteiger partial charge in [-0.15, -0.1) is 11.3 Å². The molecule has 13 heteroatoms. The summed E-state index contributed by atoms with van der Waals surface area (Å²) in [5.74, 6) is -0.567. The topological polar surface area (TPSA) is 94.3 Å². The number of rotatable bonds is 6. The van der Waals surface area contributed by atoms with Gasteiger partial charge < -0.3 is 14.8 Å². The van der Waals surface area contributed by atoms with Crippen molar-refractivity contribution in [3.8, 4) is 17.2 Å². The summed E-state index contributed by atoms with van der Waals surface area (Å²) in [5.41, 5.74) is 1.39. The first kappa shape index (κ1) is 29.1. The second-order valence-electron chi connectivity index (χ2n) is 12.0. The number of aromatic nitrogens is 2. The van der Waals surface area contributed by atoms with Crippen LogP contribution in [0.2, 0.25) is 5.02 Å². The highest BCUT2D eigenvalue weighted by Crippen LogP contribution is 2.47. The lowest BCUT2D eigenvalue weighted by atomic mass is 9.75. The van der Waals surface area contributed by atoms with E-state index in [1.165, 1.54) is 11.3 Å². The Labute approximate surface area is 260 Å². The van der Waals surface area contributed by atoms with E-state index in [9.17, 15) is 28.0 Å². The fourth-order valence-electron chi connectivity index (χ4n) is 6.94. The number of alkyl halides is 3. The number of urea groups is 1. The van der Waals surface area contributed by atoms with Gasteiger partial charge in [0.25, 0.3) is 5.91 Å². The van der Waals surface area contributed by atoms with Crippen molar-refractivity contribution in [2.45, 2.75) is 56.9 Å². The van der Waals surface area contributed by atoms with Crippen LogP contribution in [-0.2, 0) is 17.9 Å². The first-order chi connectivity index (χ1) is 21.0. The Kier molecular flexibility index (Phi) is 6.91. The standard InChI is InChI=1S/C31H28ClF3N6O2S/c32-20-12-19-3-11-39(17-29(16-36)6-9-37-10-7-29)25(19)23(13-20)22-2-8-38-24-14-21(44-26(22)24)15-40-27(42)30(4-1-5-30)41(28(40)43)18-31(33,34)35/h2-3,8,11-14,37H,1,4-7,9-10,15,17-18H2. The predicted molar refractivity (Wildman–Crippen MR) is 161 cm³/mol. The third-order valence-electron chi connectivity index (χ3n) is 9.30. The fraction of sp³-hybridized carbons (Fsp3) is 0.419. The Hall–Kier alpha value is -3.66. The Balaban J connectivity index is 1.26. The summed E-state index contributed by atoms with van der Waals surface area (Å²) in [4.78, 5) is 33.4. The lowest BCUT2D eigenvalue weighted by Gasteiger charge is -2.42. The molecule has 1 aliphatic carbocycles. The van der Waals surface area contributed by atoms with Crippen molar-refractivity contribution < 1.29 is 22.8 Å². The molecule has 3 aliphatic rings. The predicted octanol–water partition coefficient (Wildman–Crippen LogP) is 6.71. The maximum atomic E-state index is 13.4. The minimum Gasteiger partial charge on any atom is -0.345 e. The molecular formula is C31H28ClF3N6O2S. The Morgan fingerprint density at radius 1 is 1.09 bits per heavy atom. The maximum Gasteiger partial charge on any atom is 0.406 e. The van der Waals surface area contributed by atoms with E-state index in [-0.39, 0.29) is 19.4 Å². The highest BCUT2D eigenvalue weighted by atomic mass is 35.5. The average molecular weight is 641 g/mol. The van der Waals surface area contributed by atoms with Crippen molar-refractivity contribution in [2.75, 3.05) is 19.6 Å². The number of amides is 3. The van der Waals surface area contributed by atoms with Crippen molar-refractivity contribution in [1.82, 2.24) is 24.7 Å². The molecule has 1 aromatic carbocycles. The lowest BCUT2D eigenvalue weighted by Crippen LogP contribution is -2.57. The summed E-state index contributed by atoms with van der Waals surface area (Å²) in [6.45, 7) is 0.522. The molecule has 1 spiro atoms. The van der Waals surface area contributed by atoms with Gasteiger partial charge in [0.15, 0.2) is 0 Å². The quantitative estimate of drug-likeness (QED) is 0.236. The number of halogens is 4. The molecule has 7 rings (SSSR count). The monoisotopic (exact) mass is 640 g/mol. The highest BCUT2D eigenvalue weighted by Gasteiger charge is 2.62. The molecule has 1 N–H and O–H groups in total. The molecule has 1 saturated carbocycles. The molecule has 2 saturated heterocycles. The van der Waals surface area contributed by atoms with E-state index >= 15 is 0 Å². The second-order valence-corrected chi connectivity index (χ2v) is 13.6. The zero-order valence-corrected chi connectivity index (χ0v) is 25.2. The molecule has 3 amide bonds. The molecule has 8 nitrogen and oxygen atoms in total. The number of imide groups is 1. The number of piperidine rings is 1. The molecule has 0 unspecified atom stereocenters. The van der Waals surface area contributed by atoms with Crippen LogP contribution in [0.15, 0.2) is 42.7 Å². The van der Waals surface area contributed by atoms with E-state index in [0.29, 0.717) is 33.3 Å². The fourth-order valence-corrected chi connectivity index (χ4v) is 8.29. The van der Waals surface area contributed by atoms with E-state index in [1.807, 2.05) is 30.5 Å². The van der Waals surface area contributed by atoms with Gasteiger partial charge in [-0.3, -0.25) is 14.7 Å². The van der Waals surface area contributed by atoms with E-state index in [2.05, 4.69) is 20.9 Å². The number of nitrogens with zero attached hydrogens (tertiary/aromatic N) is 5. The van der Waals surface area contributed by atoms with Gasteiger partial charge in [-0.2, -0.15) is 18.4 Å². The molecule has 0 bridgehead atoms. The maximum absolute atomic E-state index is 13.4. The van der Waals surface area contributed by atoms with Gasteiger partial charge in [0.2, 0.25) is 0 Å². The number of hydrogen-bond acceptors (Lipinski definition) is 6. The van der Waals surface area contributed by atoms with Crippen molar-refractivity contribution in [1.29, 1.82) is 5.26 Å². The summed E-state index contributed by atoms with van der Waals surface area (Å²) in [6.07, 6.45) is 1.61. The van der Waals surface area contributed by atoms with Gasteiger partial charge in [-0.25, -0.2) is 4.79 Å². The molecule has 0 radical (unpaired) electrons.